The fraction of sp³-hybridized carbons (Fsp3) is 0.500. The molecule has 0 bridgehead atoms. The first-order valence-electron chi connectivity index (χ1n) is 7.61. The summed E-state index contributed by atoms with van der Waals surface area (Å²) < 4.78 is 1.93. The molecule has 1 fully saturated rings. The van der Waals surface area contributed by atoms with Gasteiger partial charge in [-0.1, -0.05) is 6.07 Å². The maximum atomic E-state index is 12.5. The molecule has 1 aliphatic heterocycles. The van der Waals surface area contributed by atoms with E-state index in [0.717, 1.165) is 37.1 Å². The third-order valence-electron chi connectivity index (χ3n) is 4.16. The standard InChI is InChI=1S/C16H21N3O2/c20-10-7-14-5-1-4-9-19(14)16(21)11-13-12-18-8-3-2-6-15(18)17-13/h2-3,6,8,12,14,20H,1,4-5,7,9-11H2. The van der Waals surface area contributed by atoms with E-state index in [4.69, 9.17) is 5.11 Å². The number of carbonyl (C=O) groups is 1. The zero-order valence-corrected chi connectivity index (χ0v) is 12.1. The zero-order valence-electron chi connectivity index (χ0n) is 12.1. The number of aromatic nitrogens is 2. The Labute approximate surface area is 124 Å². The molecule has 3 rings (SSSR count). The van der Waals surface area contributed by atoms with E-state index in [9.17, 15) is 4.79 Å². The molecule has 2 aromatic rings. The maximum Gasteiger partial charge on any atom is 0.228 e. The Bertz CT molecular complexity index is 588. The number of fused-ring (bicyclic) bond motifs is 1. The fourth-order valence-corrected chi connectivity index (χ4v) is 3.11. The Hall–Kier alpha value is -1.88. The van der Waals surface area contributed by atoms with Crippen LogP contribution in [-0.2, 0) is 11.2 Å². The molecular weight excluding hydrogens is 266 g/mol. The largest absolute Gasteiger partial charge is 0.396 e. The van der Waals surface area contributed by atoms with E-state index in [-0.39, 0.29) is 18.6 Å². The summed E-state index contributed by atoms with van der Waals surface area (Å²) in [6, 6.07) is 6.01. The van der Waals surface area contributed by atoms with Gasteiger partial charge in [0.15, 0.2) is 0 Å². The predicted molar refractivity (Wildman–Crippen MR) is 80.0 cm³/mol. The van der Waals surface area contributed by atoms with E-state index < -0.39 is 0 Å². The van der Waals surface area contributed by atoms with Gasteiger partial charge in [0.05, 0.1) is 12.1 Å². The monoisotopic (exact) mass is 287 g/mol. The maximum absolute atomic E-state index is 12.5. The third kappa shape index (κ3) is 3.08. The van der Waals surface area contributed by atoms with Crippen molar-refractivity contribution in [2.24, 2.45) is 0 Å². The van der Waals surface area contributed by atoms with Crippen LogP contribution < -0.4 is 0 Å². The fourth-order valence-electron chi connectivity index (χ4n) is 3.11. The third-order valence-corrected chi connectivity index (χ3v) is 4.16. The molecule has 1 amide bonds. The second-order valence-corrected chi connectivity index (χ2v) is 5.62. The Kier molecular flexibility index (Phi) is 4.20. The van der Waals surface area contributed by atoms with Gasteiger partial charge in [-0.05, 0) is 37.8 Å². The average molecular weight is 287 g/mol. The lowest BCUT2D eigenvalue weighted by atomic mass is 9.99. The Morgan fingerprint density at radius 2 is 2.29 bits per heavy atom. The topological polar surface area (TPSA) is 57.8 Å². The Balaban J connectivity index is 1.72. The smallest absolute Gasteiger partial charge is 0.228 e. The summed E-state index contributed by atoms with van der Waals surface area (Å²) >= 11 is 0. The van der Waals surface area contributed by atoms with Gasteiger partial charge in [0.1, 0.15) is 5.65 Å². The van der Waals surface area contributed by atoms with Crippen LogP contribution >= 0.6 is 0 Å². The van der Waals surface area contributed by atoms with Crippen molar-refractivity contribution in [1.29, 1.82) is 0 Å². The van der Waals surface area contributed by atoms with Crippen molar-refractivity contribution in [3.63, 3.8) is 0 Å². The summed E-state index contributed by atoms with van der Waals surface area (Å²) in [7, 11) is 0. The molecule has 1 unspecified atom stereocenters. The minimum Gasteiger partial charge on any atom is -0.396 e. The highest BCUT2D eigenvalue weighted by molar-refractivity contribution is 5.79. The lowest BCUT2D eigenvalue weighted by Gasteiger charge is -2.35. The molecule has 1 saturated heterocycles. The number of likely N-dealkylation sites (tertiary alicyclic amines) is 1. The van der Waals surface area contributed by atoms with Crippen LogP contribution in [0.5, 0.6) is 0 Å². The van der Waals surface area contributed by atoms with E-state index in [1.807, 2.05) is 39.9 Å². The van der Waals surface area contributed by atoms with Gasteiger partial charge in [-0.15, -0.1) is 0 Å². The van der Waals surface area contributed by atoms with Gasteiger partial charge in [-0.25, -0.2) is 4.98 Å². The minimum atomic E-state index is 0.122. The van der Waals surface area contributed by atoms with Crippen molar-refractivity contribution >= 4 is 11.6 Å². The summed E-state index contributed by atoms with van der Waals surface area (Å²) in [5, 5.41) is 9.15. The van der Waals surface area contributed by atoms with Gasteiger partial charge in [0, 0.05) is 31.6 Å². The highest BCUT2D eigenvalue weighted by atomic mass is 16.3. The lowest BCUT2D eigenvalue weighted by Crippen LogP contribution is -2.44. The molecule has 0 saturated carbocycles. The van der Waals surface area contributed by atoms with Crippen LogP contribution in [0.2, 0.25) is 0 Å². The molecule has 5 nitrogen and oxygen atoms in total. The van der Waals surface area contributed by atoms with Crippen molar-refractivity contribution in [2.75, 3.05) is 13.2 Å². The molecule has 0 radical (unpaired) electrons. The van der Waals surface area contributed by atoms with Crippen molar-refractivity contribution in [3.05, 3.63) is 36.3 Å². The minimum absolute atomic E-state index is 0.122. The average Bonchev–Trinajstić information content (AvgIpc) is 2.90. The zero-order chi connectivity index (χ0) is 14.7. The van der Waals surface area contributed by atoms with Gasteiger partial charge in [-0.2, -0.15) is 0 Å². The van der Waals surface area contributed by atoms with Crippen LogP contribution in [0, 0.1) is 0 Å². The van der Waals surface area contributed by atoms with Crippen LogP contribution in [0.3, 0.4) is 0 Å². The molecule has 21 heavy (non-hydrogen) atoms. The number of hydrogen-bond donors (Lipinski definition) is 1. The second kappa shape index (κ2) is 6.26. The predicted octanol–water partition coefficient (Wildman–Crippen LogP) is 1.64. The van der Waals surface area contributed by atoms with Crippen molar-refractivity contribution in [1.82, 2.24) is 14.3 Å². The van der Waals surface area contributed by atoms with Gasteiger partial charge in [-0.3, -0.25) is 4.79 Å². The van der Waals surface area contributed by atoms with Crippen molar-refractivity contribution in [2.45, 2.75) is 38.1 Å². The molecule has 1 aliphatic rings. The summed E-state index contributed by atoms with van der Waals surface area (Å²) in [4.78, 5) is 18.9. The molecular formula is C16H21N3O2. The Morgan fingerprint density at radius 3 is 3.10 bits per heavy atom. The van der Waals surface area contributed by atoms with Crippen LogP contribution in [-0.4, -0.2) is 44.5 Å². The normalized spacial score (nSPS) is 19.1. The van der Waals surface area contributed by atoms with E-state index in [1.54, 1.807) is 0 Å². The van der Waals surface area contributed by atoms with Gasteiger partial charge >= 0.3 is 0 Å². The molecule has 0 spiro atoms. The number of amides is 1. The van der Waals surface area contributed by atoms with Gasteiger partial charge in [0.2, 0.25) is 5.91 Å². The van der Waals surface area contributed by atoms with Crippen LogP contribution in [0.4, 0.5) is 0 Å². The number of aliphatic hydroxyl groups is 1. The van der Waals surface area contributed by atoms with Gasteiger partial charge in [0.25, 0.3) is 0 Å². The molecule has 0 aromatic carbocycles. The van der Waals surface area contributed by atoms with E-state index in [1.165, 1.54) is 0 Å². The van der Waals surface area contributed by atoms with Crippen LogP contribution in [0.25, 0.3) is 5.65 Å². The second-order valence-electron chi connectivity index (χ2n) is 5.62. The molecule has 1 N–H and O–H groups in total. The van der Waals surface area contributed by atoms with E-state index in [0.29, 0.717) is 12.8 Å². The molecule has 0 aliphatic carbocycles. The summed E-state index contributed by atoms with van der Waals surface area (Å²) in [6.07, 6.45) is 8.06. The Morgan fingerprint density at radius 1 is 1.38 bits per heavy atom. The number of aliphatic hydroxyl groups excluding tert-OH is 1. The highest BCUT2D eigenvalue weighted by Crippen LogP contribution is 2.20. The summed E-state index contributed by atoms with van der Waals surface area (Å²) in [5.74, 6) is 0.122. The number of carbonyl (C=O) groups excluding carboxylic acids is 1. The van der Waals surface area contributed by atoms with Crippen LogP contribution in [0.15, 0.2) is 30.6 Å². The first kappa shape index (κ1) is 14.1. The van der Waals surface area contributed by atoms with Gasteiger partial charge < -0.3 is 14.4 Å². The molecule has 1 atom stereocenters. The molecule has 5 heteroatoms. The molecule has 2 aromatic heterocycles. The number of pyridine rings is 1. The molecule has 112 valence electrons. The first-order chi connectivity index (χ1) is 10.3. The van der Waals surface area contributed by atoms with E-state index in [2.05, 4.69) is 4.98 Å². The molecule has 3 heterocycles. The number of piperidine rings is 1. The SMILES string of the molecule is O=C(Cc1cn2ccccc2n1)N1CCCCC1CCO. The number of imidazole rings is 1. The first-order valence-corrected chi connectivity index (χ1v) is 7.61. The van der Waals surface area contributed by atoms with Crippen molar-refractivity contribution < 1.29 is 9.90 Å². The summed E-state index contributed by atoms with van der Waals surface area (Å²) in [5.41, 5.74) is 1.67. The van der Waals surface area contributed by atoms with E-state index >= 15 is 0 Å². The highest BCUT2D eigenvalue weighted by Gasteiger charge is 2.26. The van der Waals surface area contributed by atoms with Crippen LogP contribution in [0.1, 0.15) is 31.4 Å². The summed E-state index contributed by atoms with van der Waals surface area (Å²) in [6.45, 7) is 0.944. The quantitative estimate of drug-likeness (QED) is 0.930. The number of rotatable bonds is 4. The number of hydrogen-bond acceptors (Lipinski definition) is 3. The lowest BCUT2D eigenvalue weighted by molar-refractivity contribution is -0.134. The van der Waals surface area contributed by atoms with Crippen molar-refractivity contribution in [3.8, 4) is 0 Å². The number of nitrogens with zero attached hydrogens (tertiary/aromatic N) is 3.